The van der Waals surface area contributed by atoms with Crippen LogP contribution in [0.3, 0.4) is 0 Å². The maximum atomic E-state index is 13.5. The molecule has 0 aliphatic heterocycles. The molecule has 5 heteroatoms. The fourth-order valence-corrected chi connectivity index (χ4v) is 3.31. The third-order valence-corrected chi connectivity index (χ3v) is 5.06. The summed E-state index contributed by atoms with van der Waals surface area (Å²) >= 11 is 3.16. The summed E-state index contributed by atoms with van der Waals surface area (Å²) in [6.45, 7) is 2.15. The van der Waals surface area contributed by atoms with Gasteiger partial charge in [0.2, 0.25) is 5.91 Å². The molecule has 2 rings (SSSR count). The van der Waals surface area contributed by atoms with Crippen LogP contribution in [0.25, 0.3) is 0 Å². The zero-order chi connectivity index (χ0) is 15.5. The molecule has 0 radical (unpaired) electrons. The van der Waals surface area contributed by atoms with E-state index in [1.165, 1.54) is 6.07 Å². The van der Waals surface area contributed by atoms with Crippen molar-refractivity contribution < 1.29 is 9.18 Å². The number of halogens is 2. The van der Waals surface area contributed by atoms with Gasteiger partial charge in [0.15, 0.2) is 0 Å². The first-order valence-corrected chi connectivity index (χ1v) is 8.25. The van der Waals surface area contributed by atoms with Crippen LogP contribution in [-0.4, -0.2) is 12.5 Å². The Balaban J connectivity index is 2.21. The normalized spacial score (nSPS) is 18.1. The Bertz CT molecular complexity index is 525. The first-order valence-electron chi connectivity index (χ1n) is 7.46. The molecule has 1 saturated carbocycles. The van der Waals surface area contributed by atoms with Crippen LogP contribution in [0.1, 0.15) is 44.1 Å². The maximum Gasteiger partial charge on any atom is 0.231 e. The summed E-state index contributed by atoms with van der Waals surface area (Å²) in [5.74, 6) is -0.359. The Morgan fingerprint density at radius 1 is 1.33 bits per heavy atom. The quantitative estimate of drug-likeness (QED) is 0.799. The van der Waals surface area contributed by atoms with Crippen molar-refractivity contribution >= 4 is 27.5 Å². The van der Waals surface area contributed by atoms with Crippen molar-refractivity contribution in [1.82, 2.24) is 0 Å². The Morgan fingerprint density at radius 3 is 2.52 bits per heavy atom. The molecular formula is C16H22BrFN2O. The van der Waals surface area contributed by atoms with E-state index in [9.17, 15) is 9.18 Å². The standard InChI is InChI=1S/C16H22BrFN2O/c1-11-8-13(18)12(17)9-14(11)20-15(21)16(10-19)6-4-2-3-5-7-16/h8-9H,2-7,10,19H2,1H3,(H,20,21). The number of nitrogens with one attached hydrogen (secondary N) is 1. The molecule has 1 fully saturated rings. The van der Waals surface area contributed by atoms with E-state index in [0.717, 1.165) is 38.5 Å². The van der Waals surface area contributed by atoms with Crippen molar-refractivity contribution in [3.05, 3.63) is 28.0 Å². The smallest absolute Gasteiger partial charge is 0.231 e. The highest BCUT2D eigenvalue weighted by Crippen LogP contribution is 2.36. The van der Waals surface area contributed by atoms with Gasteiger partial charge in [0.05, 0.1) is 9.89 Å². The highest BCUT2D eigenvalue weighted by molar-refractivity contribution is 9.10. The van der Waals surface area contributed by atoms with Crippen LogP contribution in [0.15, 0.2) is 16.6 Å². The maximum absolute atomic E-state index is 13.5. The zero-order valence-corrected chi connectivity index (χ0v) is 13.9. The first kappa shape index (κ1) is 16.4. The minimum Gasteiger partial charge on any atom is -0.329 e. The van der Waals surface area contributed by atoms with E-state index in [4.69, 9.17) is 5.73 Å². The lowest BCUT2D eigenvalue weighted by Crippen LogP contribution is -2.42. The average Bonchev–Trinajstić information content (AvgIpc) is 2.71. The Hall–Kier alpha value is -0.940. The van der Waals surface area contributed by atoms with E-state index in [2.05, 4.69) is 21.2 Å². The van der Waals surface area contributed by atoms with Gasteiger partial charge in [0.1, 0.15) is 5.82 Å². The van der Waals surface area contributed by atoms with Crippen LogP contribution in [0.5, 0.6) is 0 Å². The first-order chi connectivity index (χ1) is 9.98. The number of hydrogen-bond donors (Lipinski definition) is 2. The minimum absolute atomic E-state index is 0.0338. The number of benzene rings is 1. The average molecular weight is 357 g/mol. The van der Waals surface area contributed by atoms with Gasteiger partial charge in [-0.05, 0) is 53.4 Å². The topological polar surface area (TPSA) is 55.1 Å². The number of hydrogen-bond acceptors (Lipinski definition) is 2. The van der Waals surface area contributed by atoms with Crippen molar-refractivity contribution in [3.63, 3.8) is 0 Å². The molecule has 0 heterocycles. The number of carbonyl (C=O) groups excluding carboxylic acids is 1. The Morgan fingerprint density at radius 2 is 1.95 bits per heavy atom. The lowest BCUT2D eigenvalue weighted by atomic mass is 9.79. The predicted molar refractivity (Wildman–Crippen MR) is 86.7 cm³/mol. The second kappa shape index (κ2) is 6.88. The number of carbonyl (C=O) groups is 1. The van der Waals surface area contributed by atoms with E-state index in [1.807, 2.05) is 0 Å². The molecule has 0 bridgehead atoms. The van der Waals surface area contributed by atoms with Gasteiger partial charge >= 0.3 is 0 Å². The summed E-state index contributed by atoms with van der Waals surface area (Å²) in [5, 5.41) is 2.95. The van der Waals surface area contributed by atoms with Crippen LogP contribution in [0.4, 0.5) is 10.1 Å². The van der Waals surface area contributed by atoms with E-state index in [0.29, 0.717) is 22.3 Å². The Kier molecular flexibility index (Phi) is 5.38. The van der Waals surface area contributed by atoms with Gasteiger partial charge in [-0.15, -0.1) is 0 Å². The SMILES string of the molecule is Cc1cc(F)c(Br)cc1NC(=O)C1(CN)CCCCCC1. The Labute approximate surface area is 133 Å². The molecule has 0 spiro atoms. The summed E-state index contributed by atoms with van der Waals surface area (Å²) in [7, 11) is 0. The van der Waals surface area contributed by atoms with E-state index in [1.54, 1.807) is 13.0 Å². The minimum atomic E-state index is -0.482. The number of amides is 1. The number of nitrogens with two attached hydrogens (primary N) is 1. The molecule has 21 heavy (non-hydrogen) atoms. The summed E-state index contributed by atoms with van der Waals surface area (Å²) in [5.41, 5.74) is 6.80. The highest BCUT2D eigenvalue weighted by atomic mass is 79.9. The van der Waals surface area contributed by atoms with Crippen molar-refractivity contribution in [2.75, 3.05) is 11.9 Å². The molecule has 1 amide bonds. The van der Waals surface area contributed by atoms with Gasteiger partial charge in [-0.3, -0.25) is 4.79 Å². The van der Waals surface area contributed by atoms with Gasteiger partial charge < -0.3 is 11.1 Å². The molecule has 1 aromatic carbocycles. The van der Waals surface area contributed by atoms with Gasteiger partial charge in [-0.25, -0.2) is 4.39 Å². The molecule has 0 saturated heterocycles. The molecule has 3 N–H and O–H groups in total. The van der Waals surface area contributed by atoms with Crippen molar-refractivity contribution in [2.24, 2.45) is 11.1 Å². The largest absolute Gasteiger partial charge is 0.329 e. The molecule has 0 aromatic heterocycles. The zero-order valence-electron chi connectivity index (χ0n) is 12.3. The number of anilines is 1. The third-order valence-electron chi connectivity index (χ3n) is 4.45. The lowest BCUT2D eigenvalue weighted by Gasteiger charge is -2.30. The van der Waals surface area contributed by atoms with Crippen LogP contribution in [0.2, 0.25) is 0 Å². The molecule has 0 atom stereocenters. The molecule has 116 valence electrons. The molecule has 3 nitrogen and oxygen atoms in total. The van der Waals surface area contributed by atoms with Crippen molar-refractivity contribution in [2.45, 2.75) is 45.4 Å². The monoisotopic (exact) mass is 356 g/mol. The molecular weight excluding hydrogens is 335 g/mol. The predicted octanol–water partition coefficient (Wildman–Crippen LogP) is 4.13. The second-order valence-corrected chi connectivity index (χ2v) is 6.79. The number of aryl methyl sites for hydroxylation is 1. The van der Waals surface area contributed by atoms with Crippen LogP contribution in [-0.2, 0) is 4.79 Å². The summed E-state index contributed by atoms with van der Waals surface area (Å²) in [6, 6.07) is 3.03. The number of rotatable bonds is 3. The molecule has 1 aliphatic carbocycles. The summed E-state index contributed by atoms with van der Waals surface area (Å²) < 4.78 is 13.8. The van der Waals surface area contributed by atoms with Gasteiger partial charge in [0, 0.05) is 12.2 Å². The molecule has 1 aromatic rings. The van der Waals surface area contributed by atoms with Crippen molar-refractivity contribution in [1.29, 1.82) is 0 Å². The fourth-order valence-electron chi connectivity index (χ4n) is 2.97. The summed E-state index contributed by atoms with van der Waals surface area (Å²) in [4.78, 5) is 12.7. The summed E-state index contributed by atoms with van der Waals surface area (Å²) in [6.07, 6.45) is 6.06. The highest BCUT2D eigenvalue weighted by Gasteiger charge is 2.37. The lowest BCUT2D eigenvalue weighted by molar-refractivity contribution is -0.125. The van der Waals surface area contributed by atoms with E-state index >= 15 is 0 Å². The molecule has 1 aliphatic rings. The molecule has 0 unspecified atom stereocenters. The second-order valence-electron chi connectivity index (χ2n) is 5.93. The van der Waals surface area contributed by atoms with Crippen LogP contribution >= 0.6 is 15.9 Å². The third kappa shape index (κ3) is 3.64. The van der Waals surface area contributed by atoms with E-state index in [-0.39, 0.29) is 11.7 Å². The fraction of sp³-hybridized carbons (Fsp3) is 0.562. The van der Waals surface area contributed by atoms with Gasteiger partial charge in [0.25, 0.3) is 0 Å². The van der Waals surface area contributed by atoms with Gasteiger partial charge in [-0.1, -0.05) is 25.7 Å². The van der Waals surface area contributed by atoms with Crippen LogP contribution in [0, 0.1) is 18.2 Å². The van der Waals surface area contributed by atoms with E-state index < -0.39 is 5.41 Å². The van der Waals surface area contributed by atoms with Crippen molar-refractivity contribution in [3.8, 4) is 0 Å². The van der Waals surface area contributed by atoms with Crippen LogP contribution < -0.4 is 11.1 Å². The van der Waals surface area contributed by atoms with Gasteiger partial charge in [-0.2, -0.15) is 0 Å².